The number of nitrogens with two attached hydrogens (primary N) is 1. The fourth-order valence-corrected chi connectivity index (χ4v) is 3.88. The van der Waals surface area contributed by atoms with Gasteiger partial charge >= 0.3 is 0 Å². The first-order valence-corrected chi connectivity index (χ1v) is 9.28. The molecular weight excluding hydrogens is 445 g/mol. The molecule has 2 aromatic rings. The van der Waals surface area contributed by atoms with Gasteiger partial charge in [-0.2, -0.15) is 0 Å². The zero-order valence-corrected chi connectivity index (χ0v) is 17.9. The number of anilines is 1. The van der Waals surface area contributed by atoms with E-state index in [0.29, 0.717) is 13.1 Å². The van der Waals surface area contributed by atoms with Crippen molar-refractivity contribution < 1.29 is 4.79 Å². The molecule has 2 N–H and O–H groups in total. The van der Waals surface area contributed by atoms with Gasteiger partial charge in [-0.25, -0.2) is 0 Å². The standard InChI is InChI=1S/C17H20BrN3OS.2ClH/c1-17(19,13-4-6-14(18)7-5-13)16(22)21-10-8-20(9-11-21)15-3-2-12-23-15;;/h2-7,12H,8-11,19H2,1H3;2*1H. The van der Waals surface area contributed by atoms with Crippen LogP contribution >= 0.6 is 52.1 Å². The molecule has 0 saturated carbocycles. The maximum Gasteiger partial charge on any atom is 0.247 e. The van der Waals surface area contributed by atoms with Crippen molar-refractivity contribution in [3.63, 3.8) is 0 Å². The molecule has 1 aromatic heterocycles. The molecule has 25 heavy (non-hydrogen) atoms. The second kappa shape index (κ2) is 9.24. The fraction of sp³-hybridized carbons (Fsp3) is 0.353. The molecule has 2 heterocycles. The number of nitrogens with zero attached hydrogens (tertiary/aromatic N) is 2. The number of hydrogen-bond acceptors (Lipinski definition) is 4. The van der Waals surface area contributed by atoms with Crippen molar-refractivity contribution in [3.05, 3.63) is 51.8 Å². The largest absolute Gasteiger partial charge is 0.360 e. The molecule has 1 aromatic carbocycles. The molecule has 4 nitrogen and oxygen atoms in total. The van der Waals surface area contributed by atoms with Crippen LogP contribution in [0.2, 0.25) is 0 Å². The number of carbonyl (C=O) groups is 1. The van der Waals surface area contributed by atoms with Crippen LogP contribution in [-0.4, -0.2) is 37.0 Å². The van der Waals surface area contributed by atoms with E-state index in [1.54, 1.807) is 18.3 Å². The van der Waals surface area contributed by atoms with E-state index in [2.05, 4.69) is 38.3 Å². The summed E-state index contributed by atoms with van der Waals surface area (Å²) in [6.45, 7) is 4.91. The molecule has 0 spiro atoms. The van der Waals surface area contributed by atoms with E-state index >= 15 is 0 Å². The van der Waals surface area contributed by atoms with E-state index in [-0.39, 0.29) is 30.7 Å². The molecule has 0 aliphatic carbocycles. The van der Waals surface area contributed by atoms with Crippen LogP contribution < -0.4 is 10.6 Å². The Kier molecular flexibility index (Phi) is 8.22. The highest BCUT2D eigenvalue weighted by Gasteiger charge is 2.35. The van der Waals surface area contributed by atoms with Crippen LogP contribution in [0.5, 0.6) is 0 Å². The molecule has 1 atom stereocenters. The monoisotopic (exact) mass is 465 g/mol. The van der Waals surface area contributed by atoms with Crippen LogP contribution in [0.1, 0.15) is 12.5 Å². The lowest BCUT2D eigenvalue weighted by molar-refractivity contribution is -0.137. The Labute approximate surface area is 173 Å². The van der Waals surface area contributed by atoms with Crippen LogP contribution in [0.15, 0.2) is 46.3 Å². The first kappa shape index (κ1) is 22.3. The van der Waals surface area contributed by atoms with E-state index in [1.165, 1.54) is 5.00 Å². The Balaban J connectivity index is 0.00000156. The Morgan fingerprint density at radius 2 is 1.72 bits per heavy atom. The predicted octanol–water partition coefficient (Wildman–Crippen LogP) is 3.88. The smallest absolute Gasteiger partial charge is 0.247 e. The van der Waals surface area contributed by atoms with Gasteiger partial charge in [0.2, 0.25) is 5.91 Å². The summed E-state index contributed by atoms with van der Waals surface area (Å²) in [5.74, 6) is -0.00866. The maximum absolute atomic E-state index is 12.9. The van der Waals surface area contributed by atoms with Crippen LogP contribution in [0.4, 0.5) is 5.00 Å². The minimum absolute atomic E-state index is 0. The van der Waals surface area contributed by atoms with E-state index in [9.17, 15) is 4.79 Å². The van der Waals surface area contributed by atoms with Crippen LogP contribution in [-0.2, 0) is 10.3 Å². The molecule has 3 rings (SSSR count). The first-order chi connectivity index (χ1) is 11.0. The average molecular weight is 467 g/mol. The normalized spacial score (nSPS) is 16.4. The molecule has 8 heteroatoms. The minimum atomic E-state index is -0.994. The average Bonchev–Trinajstić information content (AvgIpc) is 3.09. The molecule has 1 aliphatic rings. The molecule has 1 saturated heterocycles. The maximum atomic E-state index is 12.9. The SMILES string of the molecule is CC(N)(C(=O)N1CCN(c2cccs2)CC1)c1ccc(Br)cc1.Cl.Cl. The number of rotatable bonds is 3. The number of amides is 1. The van der Waals surface area contributed by atoms with E-state index in [4.69, 9.17) is 5.73 Å². The Bertz CT molecular complexity index is 672. The third-order valence-electron chi connectivity index (χ3n) is 4.27. The molecule has 0 bridgehead atoms. The minimum Gasteiger partial charge on any atom is -0.360 e. The number of carbonyl (C=O) groups excluding carboxylic acids is 1. The number of halogens is 3. The van der Waals surface area contributed by atoms with Crippen LogP contribution in [0, 0.1) is 0 Å². The van der Waals surface area contributed by atoms with Gasteiger partial charge in [0.25, 0.3) is 0 Å². The molecule has 1 unspecified atom stereocenters. The highest BCUT2D eigenvalue weighted by Crippen LogP contribution is 2.26. The summed E-state index contributed by atoms with van der Waals surface area (Å²) in [5.41, 5.74) is 6.22. The van der Waals surface area contributed by atoms with Gasteiger partial charge in [0, 0.05) is 30.7 Å². The lowest BCUT2D eigenvalue weighted by Crippen LogP contribution is -2.56. The second-order valence-electron chi connectivity index (χ2n) is 5.94. The van der Waals surface area contributed by atoms with Crippen LogP contribution in [0.25, 0.3) is 0 Å². The van der Waals surface area contributed by atoms with Gasteiger partial charge in [-0.15, -0.1) is 36.2 Å². The van der Waals surface area contributed by atoms with Gasteiger partial charge < -0.3 is 15.5 Å². The summed E-state index contributed by atoms with van der Waals surface area (Å²) in [6, 6.07) is 11.8. The molecule has 0 radical (unpaired) electrons. The van der Waals surface area contributed by atoms with Crippen molar-refractivity contribution in [1.82, 2.24) is 4.90 Å². The summed E-state index contributed by atoms with van der Waals surface area (Å²) in [4.78, 5) is 17.1. The van der Waals surface area contributed by atoms with E-state index < -0.39 is 5.54 Å². The van der Waals surface area contributed by atoms with Gasteiger partial charge in [0.05, 0.1) is 5.00 Å². The Morgan fingerprint density at radius 3 is 2.24 bits per heavy atom. The number of piperazine rings is 1. The fourth-order valence-electron chi connectivity index (χ4n) is 2.83. The van der Waals surface area contributed by atoms with Crippen molar-refractivity contribution >= 4 is 63.0 Å². The van der Waals surface area contributed by atoms with Gasteiger partial charge in [-0.1, -0.05) is 28.1 Å². The number of hydrogen-bond donors (Lipinski definition) is 1. The summed E-state index contributed by atoms with van der Waals surface area (Å²) in [5, 5.41) is 3.35. The Hall–Kier alpha value is -0.790. The third-order valence-corrected chi connectivity index (χ3v) is 5.73. The summed E-state index contributed by atoms with van der Waals surface area (Å²) < 4.78 is 0.981. The predicted molar refractivity (Wildman–Crippen MR) is 113 cm³/mol. The summed E-state index contributed by atoms with van der Waals surface area (Å²) >= 11 is 5.15. The highest BCUT2D eigenvalue weighted by atomic mass is 79.9. The van der Waals surface area contributed by atoms with Gasteiger partial charge in [0.15, 0.2) is 0 Å². The quantitative estimate of drug-likeness (QED) is 0.746. The molecule has 138 valence electrons. The van der Waals surface area contributed by atoms with E-state index in [0.717, 1.165) is 23.1 Å². The number of thiophene rings is 1. The zero-order valence-electron chi connectivity index (χ0n) is 13.9. The van der Waals surface area contributed by atoms with Crippen molar-refractivity contribution in [3.8, 4) is 0 Å². The molecule has 1 aliphatic heterocycles. The van der Waals surface area contributed by atoms with Crippen LogP contribution in [0.3, 0.4) is 0 Å². The first-order valence-electron chi connectivity index (χ1n) is 7.61. The van der Waals surface area contributed by atoms with E-state index in [1.807, 2.05) is 29.2 Å². The Morgan fingerprint density at radius 1 is 1.12 bits per heavy atom. The lowest BCUT2D eigenvalue weighted by Gasteiger charge is -2.39. The van der Waals surface area contributed by atoms with Crippen molar-refractivity contribution in [2.75, 3.05) is 31.1 Å². The highest BCUT2D eigenvalue weighted by molar-refractivity contribution is 9.10. The van der Waals surface area contributed by atoms with Crippen molar-refractivity contribution in [2.45, 2.75) is 12.5 Å². The van der Waals surface area contributed by atoms with Gasteiger partial charge in [-0.3, -0.25) is 4.79 Å². The molecular formula is C17H22BrCl2N3OS. The summed E-state index contributed by atoms with van der Waals surface area (Å²) in [6.07, 6.45) is 0. The van der Waals surface area contributed by atoms with Gasteiger partial charge in [0.1, 0.15) is 5.54 Å². The summed E-state index contributed by atoms with van der Waals surface area (Å²) in [7, 11) is 0. The zero-order chi connectivity index (χ0) is 16.4. The molecule has 1 amide bonds. The molecule has 1 fully saturated rings. The van der Waals surface area contributed by atoms with Crippen molar-refractivity contribution in [1.29, 1.82) is 0 Å². The topological polar surface area (TPSA) is 49.6 Å². The second-order valence-corrected chi connectivity index (χ2v) is 7.78. The van der Waals surface area contributed by atoms with Gasteiger partial charge in [-0.05, 0) is 42.1 Å². The number of benzene rings is 1. The third kappa shape index (κ3) is 4.89. The van der Waals surface area contributed by atoms with Crippen molar-refractivity contribution in [2.24, 2.45) is 5.73 Å². The lowest BCUT2D eigenvalue weighted by atomic mass is 9.91.